The zero-order valence-electron chi connectivity index (χ0n) is 41.5. The molecule has 18 nitrogen and oxygen atoms in total. The van der Waals surface area contributed by atoms with Crippen LogP contribution in [-0.4, -0.2) is 125 Å². The quantitative estimate of drug-likeness (QED) is 0.0749. The van der Waals surface area contributed by atoms with E-state index >= 15 is 0 Å². The van der Waals surface area contributed by atoms with Crippen LogP contribution in [0.25, 0.3) is 0 Å². The van der Waals surface area contributed by atoms with Gasteiger partial charge in [0, 0.05) is 26.1 Å². The van der Waals surface area contributed by atoms with Crippen molar-refractivity contribution in [3.63, 3.8) is 0 Å². The number of hydrogen-bond acceptors (Lipinski definition) is 10. The molecular weight excluding hydrogens is 885 g/mol. The zero-order valence-corrected chi connectivity index (χ0v) is 41.5. The van der Waals surface area contributed by atoms with Gasteiger partial charge < -0.3 is 46.9 Å². The van der Waals surface area contributed by atoms with E-state index < -0.39 is 102 Å². The van der Waals surface area contributed by atoms with Gasteiger partial charge in [0.25, 0.3) is 0 Å². The Morgan fingerprint density at radius 1 is 0.652 bits per heavy atom. The summed E-state index contributed by atoms with van der Waals surface area (Å²) in [6.45, 7) is 13.7. The molecular formula is C51H74N8O10. The predicted octanol–water partition coefficient (Wildman–Crippen LogP) is 3.04. The number of likely N-dealkylation sites (N-methyl/N-ethyl adjacent to an activating group) is 1. The first-order chi connectivity index (χ1) is 32.7. The largest absolute Gasteiger partial charge is 0.458 e. The van der Waals surface area contributed by atoms with Crippen LogP contribution < -0.4 is 32.3 Å². The van der Waals surface area contributed by atoms with E-state index in [0.717, 1.165) is 4.90 Å². The molecule has 0 aromatic carbocycles. The van der Waals surface area contributed by atoms with Crippen molar-refractivity contribution in [1.29, 1.82) is 0 Å². The lowest BCUT2D eigenvalue weighted by molar-refractivity contribution is -0.160. The van der Waals surface area contributed by atoms with Crippen LogP contribution >= 0.6 is 0 Å². The van der Waals surface area contributed by atoms with Crippen LogP contribution in [0.4, 0.5) is 0 Å². The van der Waals surface area contributed by atoms with Gasteiger partial charge in [-0.15, -0.1) is 0 Å². The zero-order chi connectivity index (χ0) is 51.6. The normalized spacial score (nSPS) is 25.8. The number of nitrogens with two attached hydrogens (primary N) is 1. The molecule has 2 rings (SSSR count). The van der Waals surface area contributed by atoms with Crippen molar-refractivity contribution in [3.8, 4) is 0 Å². The van der Waals surface area contributed by atoms with Crippen molar-refractivity contribution < 1.29 is 47.9 Å². The minimum absolute atomic E-state index is 0.0705. The number of carbonyl (C=O) groups is 9. The van der Waals surface area contributed by atoms with Gasteiger partial charge in [-0.3, -0.25) is 38.4 Å². The highest BCUT2D eigenvalue weighted by Gasteiger charge is 2.41. The van der Waals surface area contributed by atoms with Crippen LogP contribution in [0, 0.1) is 11.8 Å². The van der Waals surface area contributed by atoms with Gasteiger partial charge in [0.1, 0.15) is 48.4 Å². The monoisotopic (exact) mass is 959 g/mol. The Hall–Kier alpha value is -6.85. The number of allylic oxidation sites excluding steroid dienone is 15. The Labute approximate surface area is 407 Å². The van der Waals surface area contributed by atoms with E-state index in [1.165, 1.54) is 44.9 Å². The summed E-state index contributed by atoms with van der Waals surface area (Å²) in [5, 5.41) is 13.2. The van der Waals surface area contributed by atoms with E-state index in [0.29, 0.717) is 6.42 Å². The molecule has 0 bridgehead atoms. The molecule has 2 aliphatic heterocycles. The lowest BCUT2D eigenvalue weighted by Gasteiger charge is -2.33. The van der Waals surface area contributed by atoms with Crippen molar-refractivity contribution in [3.05, 3.63) is 97.2 Å². The second kappa shape index (κ2) is 30.5. The molecule has 0 spiro atoms. The maximum Gasteiger partial charge on any atom is 0.329 e. The van der Waals surface area contributed by atoms with Crippen molar-refractivity contribution >= 4 is 53.2 Å². The molecule has 0 saturated carbocycles. The van der Waals surface area contributed by atoms with Crippen LogP contribution in [0.3, 0.4) is 0 Å². The van der Waals surface area contributed by atoms with E-state index in [4.69, 9.17) is 10.5 Å². The minimum atomic E-state index is -1.57. The van der Waals surface area contributed by atoms with Gasteiger partial charge in [-0.1, -0.05) is 119 Å². The fourth-order valence-corrected chi connectivity index (χ4v) is 7.35. The minimum Gasteiger partial charge on any atom is -0.458 e. The molecule has 378 valence electrons. The molecule has 7 N–H and O–H groups in total. The van der Waals surface area contributed by atoms with Crippen molar-refractivity contribution in [2.45, 2.75) is 142 Å². The molecule has 18 heteroatoms. The summed E-state index contributed by atoms with van der Waals surface area (Å²) in [5.74, 6) is -7.03. The number of amides is 8. The number of ether oxygens (including phenoxy) is 1. The Morgan fingerprint density at radius 2 is 1.12 bits per heavy atom. The molecule has 0 radical (unpaired) electrons. The number of nitrogens with zero attached hydrogens (tertiary/aromatic N) is 2. The number of hydrogen-bond donors (Lipinski definition) is 6. The second-order valence-electron chi connectivity index (χ2n) is 17.8. The van der Waals surface area contributed by atoms with E-state index in [1.807, 2.05) is 95.4 Å². The Balaban J connectivity index is 2.53. The van der Waals surface area contributed by atoms with E-state index in [-0.39, 0.29) is 50.5 Å². The highest BCUT2D eigenvalue weighted by atomic mass is 16.5. The van der Waals surface area contributed by atoms with Crippen LogP contribution in [-0.2, 0) is 47.9 Å². The molecule has 0 aromatic rings. The maximum atomic E-state index is 14.2. The van der Waals surface area contributed by atoms with Gasteiger partial charge >= 0.3 is 5.97 Å². The van der Waals surface area contributed by atoms with Crippen LogP contribution in [0.5, 0.6) is 0 Å². The first-order valence-corrected chi connectivity index (χ1v) is 23.6. The van der Waals surface area contributed by atoms with Crippen molar-refractivity contribution in [1.82, 2.24) is 36.4 Å². The number of nitrogens with one attached hydrogen (secondary N) is 5. The van der Waals surface area contributed by atoms with Crippen molar-refractivity contribution in [2.24, 2.45) is 17.6 Å². The Morgan fingerprint density at radius 3 is 1.62 bits per heavy atom. The maximum absolute atomic E-state index is 14.2. The molecule has 8 atom stereocenters. The summed E-state index contributed by atoms with van der Waals surface area (Å²) in [5.41, 5.74) is 5.39. The molecule has 0 aromatic heterocycles. The third-order valence-corrected chi connectivity index (χ3v) is 10.9. The molecule has 0 aliphatic carbocycles. The van der Waals surface area contributed by atoms with Gasteiger partial charge in [0.15, 0.2) is 0 Å². The first-order valence-electron chi connectivity index (χ1n) is 23.6. The summed E-state index contributed by atoms with van der Waals surface area (Å²) in [6.07, 6.45) is 27.3. The molecule has 2 saturated heterocycles. The highest BCUT2D eigenvalue weighted by Crippen LogP contribution is 2.21. The van der Waals surface area contributed by atoms with Gasteiger partial charge in [-0.2, -0.15) is 0 Å². The van der Waals surface area contributed by atoms with Gasteiger partial charge in [0.2, 0.25) is 47.3 Å². The summed E-state index contributed by atoms with van der Waals surface area (Å²) >= 11 is 0. The van der Waals surface area contributed by atoms with E-state index in [2.05, 4.69) is 26.6 Å². The molecule has 2 fully saturated rings. The van der Waals surface area contributed by atoms with Crippen molar-refractivity contribution in [2.75, 3.05) is 13.6 Å². The fourth-order valence-electron chi connectivity index (χ4n) is 7.35. The summed E-state index contributed by atoms with van der Waals surface area (Å²) in [6, 6.07) is -8.81. The molecule has 8 unspecified atom stereocenters. The number of esters is 1. The average molecular weight is 959 g/mol. The molecule has 2 aliphatic rings. The number of carbonyl (C=O) groups excluding carboxylic acids is 9. The van der Waals surface area contributed by atoms with Crippen LogP contribution in [0.1, 0.15) is 93.9 Å². The van der Waals surface area contributed by atoms with E-state index in [9.17, 15) is 43.2 Å². The predicted molar refractivity (Wildman–Crippen MR) is 264 cm³/mol. The second-order valence-corrected chi connectivity index (χ2v) is 17.8. The lowest BCUT2D eigenvalue weighted by Crippen LogP contribution is -2.61. The lowest BCUT2D eigenvalue weighted by atomic mass is 9.99. The topological polar surface area (TPSA) is 256 Å². The van der Waals surface area contributed by atoms with Crippen LogP contribution in [0.2, 0.25) is 0 Å². The Kier molecular flexibility index (Phi) is 25.8. The first kappa shape index (κ1) is 58.3. The molecule has 8 amide bonds. The van der Waals surface area contributed by atoms with Gasteiger partial charge in [-0.05, 0) is 71.6 Å². The third-order valence-electron chi connectivity index (χ3n) is 10.9. The van der Waals surface area contributed by atoms with Gasteiger partial charge in [0.05, 0.1) is 0 Å². The number of primary amides is 1. The average Bonchev–Trinajstić information content (AvgIpc) is 3.78. The highest BCUT2D eigenvalue weighted by molar-refractivity contribution is 5.98. The van der Waals surface area contributed by atoms with E-state index in [1.54, 1.807) is 24.3 Å². The summed E-state index contributed by atoms with van der Waals surface area (Å²) in [4.78, 5) is 125. The fraction of sp³-hybridized carbons (Fsp3) is 0.510. The Bertz CT molecular complexity index is 2050. The van der Waals surface area contributed by atoms with Gasteiger partial charge in [-0.25, -0.2) is 4.79 Å². The number of rotatable bonds is 16. The number of fused-ring (bicyclic) bond motifs is 1. The standard InChI is InChI=1S/C51H74N8O10/c1-10-11-12-13-14-15-16-17-18-19-20-21-22-23-24-27-43(61)58(9)44-37(8)69-51(68)38(28-29-42(52)60)55-45(62)35(6)53-48(65)41-26-25-30-59(41)50(67)40(32-34(4)5)57-47(64)39(31-33(2)3)56-46(63)36(7)54-49(44)66/h10-24,27,33-41,44H,25-26,28-32H2,1-9H3,(H2,52,60)(H,53,65)(H,54,66)(H,55,62)(H,56,63)(H,57,64). The molecule has 2 heterocycles. The summed E-state index contributed by atoms with van der Waals surface area (Å²) < 4.78 is 5.73. The SMILES string of the molecule is CC=CC=CC=CC=CC=CC=CC=CC=CC(=O)N(C)C1C(=O)NC(C)C(=O)NC(CC(C)C)C(=O)NC(CC(C)C)C(=O)N2CCCC2C(=O)NC(C)C(=O)NC(CCC(N)=O)C(=O)OC1C. The summed E-state index contributed by atoms with van der Waals surface area (Å²) in [7, 11) is 1.30. The number of cyclic esters (lactones) is 1. The van der Waals surface area contributed by atoms with Crippen LogP contribution in [0.15, 0.2) is 97.2 Å². The third kappa shape index (κ3) is 20.9. The smallest absolute Gasteiger partial charge is 0.329 e. The molecule has 69 heavy (non-hydrogen) atoms.